The number of carbonyl (C=O) groups excluding carboxylic acids is 1. The highest BCUT2D eigenvalue weighted by molar-refractivity contribution is 7.92. The first-order chi connectivity index (χ1) is 14.3. The van der Waals surface area contributed by atoms with E-state index in [9.17, 15) is 13.2 Å². The minimum Gasteiger partial charge on any atom is -0.494 e. The van der Waals surface area contributed by atoms with E-state index in [2.05, 4.69) is 10.0 Å². The van der Waals surface area contributed by atoms with Crippen LogP contribution in [0.1, 0.15) is 17.3 Å². The van der Waals surface area contributed by atoms with Crippen LogP contribution >= 0.6 is 23.2 Å². The Balaban J connectivity index is 1.81. The summed E-state index contributed by atoms with van der Waals surface area (Å²) in [5, 5.41) is 3.32. The van der Waals surface area contributed by atoms with Crippen LogP contribution in [0.4, 0.5) is 11.4 Å². The number of halogens is 2. The maximum atomic E-state index is 12.8. The molecule has 3 rings (SSSR count). The molecule has 30 heavy (non-hydrogen) atoms. The third-order valence-corrected chi connectivity index (χ3v) is 5.97. The van der Waals surface area contributed by atoms with E-state index in [1.54, 1.807) is 48.5 Å². The fourth-order valence-electron chi connectivity index (χ4n) is 2.58. The van der Waals surface area contributed by atoms with Crippen LogP contribution in [0.5, 0.6) is 5.75 Å². The summed E-state index contributed by atoms with van der Waals surface area (Å²) in [6, 6.07) is 16.9. The second-order valence-electron chi connectivity index (χ2n) is 6.17. The molecule has 0 heterocycles. The zero-order valence-corrected chi connectivity index (χ0v) is 18.2. The Morgan fingerprint density at radius 3 is 2.20 bits per heavy atom. The number of hydrogen-bond donors (Lipinski definition) is 2. The number of hydrogen-bond acceptors (Lipinski definition) is 4. The van der Waals surface area contributed by atoms with Crippen molar-refractivity contribution in [1.29, 1.82) is 0 Å². The van der Waals surface area contributed by atoms with Crippen molar-refractivity contribution in [3.63, 3.8) is 0 Å². The predicted octanol–water partition coefficient (Wildman–Crippen LogP) is 5.45. The number of ether oxygens (including phenoxy) is 1. The third-order valence-electron chi connectivity index (χ3n) is 4.01. The first-order valence-electron chi connectivity index (χ1n) is 8.90. The van der Waals surface area contributed by atoms with Crippen molar-refractivity contribution in [2.45, 2.75) is 11.8 Å². The maximum absolute atomic E-state index is 12.8. The smallest absolute Gasteiger partial charge is 0.261 e. The molecular weight excluding hydrogens is 447 g/mol. The van der Waals surface area contributed by atoms with Crippen LogP contribution in [-0.4, -0.2) is 20.9 Å². The van der Waals surface area contributed by atoms with Crippen molar-refractivity contribution in [1.82, 2.24) is 0 Å². The van der Waals surface area contributed by atoms with Crippen LogP contribution in [0.2, 0.25) is 10.0 Å². The first-order valence-corrected chi connectivity index (χ1v) is 11.1. The number of amides is 1. The van der Waals surface area contributed by atoms with Crippen molar-refractivity contribution >= 4 is 50.5 Å². The zero-order chi connectivity index (χ0) is 21.7. The quantitative estimate of drug-likeness (QED) is 0.486. The normalized spacial score (nSPS) is 11.0. The highest BCUT2D eigenvalue weighted by Crippen LogP contribution is 2.25. The van der Waals surface area contributed by atoms with Crippen molar-refractivity contribution in [2.75, 3.05) is 16.6 Å². The lowest BCUT2D eigenvalue weighted by Crippen LogP contribution is -2.16. The van der Waals surface area contributed by atoms with Gasteiger partial charge >= 0.3 is 0 Å². The number of benzene rings is 3. The molecule has 0 bridgehead atoms. The minimum atomic E-state index is -3.94. The molecule has 0 aliphatic heterocycles. The molecule has 9 heteroatoms. The van der Waals surface area contributed by atoms with Gasteiger partial charge in [0.1, 0.15) is 5.75 Å². The number of nitrogens with one attached hydrogen (secondary N) is 2. The van der Waals surface area contributed by atoms with Crippen molar-refractivity contribution in [3.05, 3.63) is 82.3 Å². The Hall–Kier alpha value is -2.74. The van der Waals surface area contributed by atoms with Gasteiger partial charge in [-0.25, -0.2) is 8.42 Å². The lowest BCUT2D eigenvalue weighted by atomic mass is 10.2. The molecule has 0 saturated carbocycles. The average molecular weight is 465 g/mol. The summed E-state index contributed by atoms with van der Waals surface area (Å²) < 4.78 is 33.3. The van der Waals surface area contributed by atoms with E-state index in [4.69, 9.17) is 27.9 Å². The molecule has 0 aliphatic carbocycles. The van der Waals surface area contributed by atoms with Gasteiger partial charge in [0.05, 0.1) is 22.1 Å². The molecule has 0 saturated heterocycles. The second-order valence-corrected chi connectivity index (χ2v) is 8.69. The molecule has 6 nitrogen and oxygen atoms in total. The van der Waals surface area contributed by atoms with E-state index in [-0.39, 0.29) is 15.5 Å². The molecule has 0 radical (unpaired) electrons. The molecule has 0 aromatic heterocycles. The topological polar surface area (TPSA) is 84.5 Å². The monoisotopic (exact) mass is 464 g/mol. The summed E-state index contributed by atoms with van der Waals surface area (Å²) in [6.45, 7) is 2.37. The number of sulfonamides is 1. The van der Waals surface area contributed by atoms with Gasteiger partial charge in [-0.15, -0.1) is 0 Å². The Morgan fingerprint density at radius 1 is 0.933 bits per heavy atom. The first kappa shape index (κ1) is 22.0. The Bertz CT molecular complexity index is 1150. The fourth-order valence-corrected chi connectivity index (χ4v) is 3.99. The van der Waals surface area contributed by atoms with Gasteiger partial charge < -0.3 is 10.1 Å². The van der Waals surface area contributed by atoms with Crippen molar-refractivity contribution in [3.8, 4) is 5.75 Å². The predicted molar refractivity (Wildman–Crippen MR) is 119 cm³/mol. The Labute approximate surface area is 184 Å². The molecule has 0 fully saturated rings. The lowest BCUT2D eigenvalue weighted by Gasteiger charge is -2.12. The number of carbonyl (C=O) groups is 1. The number of anilines is 2. The summed E-state index contributed by atoms with van der Waals surface area (Å²) in [6.07, 6.45) is 0. The van der Waals surface area contributed by atoms with E-state index in [1.807, 2.05) is 6.92 Å². The van der Waals surface area contributed by atoms with E-state index < -0.39 is 15.9 Å². The summed E-state index contributed by atoms with van der Waals surface area (Å²) in [4.78, 5) is 12.5. The van der Waals surface area contributed by atoms with Crippen LogP contribution in [0.15, 0.2) is 71.6 Å². The lowest BCUT2D eigenvalue weighted by molar-refractivity contribution is 0.102. The van der Waals surface area contributed by atoms with Gasteiger partial charge in [0.2, 0.25) is 0 Å². The second kappa shape index (κ2) is 9.38. The molecule has 1 amide bonds. The van der Waals surface area contributed by atoms with Crippen LogP contribution in [0, 0.1) is 0 Å². The van der Waals surface area contributed by atoms with Gasteiger partial charge in [0.15, 0.2) is 0 Å². The Kier molecular flexibility index (Phi) is 6.87. The summed E-state index contributed by atoms with van der Waals surface area (Å²) in [5.41, 5.74) is 0.892. The molecule has 0 aliphatic rings. The molecule has 3 aromatic carbocycles. The molecule has 3 aromatic rings. The van der Waals surface area contributed by atoms with Gasteiger partial charge in [-0.2, -0.15) is 0 Å². The fraction of sp³-hybridized carbons (Fsp3) is 0.0952. The molecular formula is C21H18Cl2N2O4S. The number of rotatable bonds is 7. The minimum absolute atomic E-state index is 0.0289. The SMILES string of the molecule is CCOc1ccc(NS(=O)(=O)c2ccc(Cl)c(C(=O)Nc3ccc(Cl)cc3)c2)cc1. The van der Waals surface area contributed by atoms with Crippen molar-refractivity contribution < 1.29 is 17.9 Å². The molecule has 0 unspecified atom stereocenters. The standard InChI is InChI=1S/C21H18Cl2N2O4S/c1-2-29-17-9-7-16(8-10-17)25-30(27,28)18-11-12-20(23)19(13-18)21(26)24-15-5-3-14(22)4-6-15/h3-13,25H,2H2,1H3,(H,24,26). The third kappa shape index (κ3) is 5.44. The van der Waals surface area contributed by atoms with Crippen molar-refractivity contribution in [2.24, 2.45) is 0 Å². The summed E-state index contributed by atoms with van der Waals surface area (Å²) in [5.74, 6) is 0.0912. The molecule has 0 atom stereocenters. The van der Waals surface area contributed by atoms with Gasteiger partial charge in [-0.1, -0.05) is 23.2 Å². The highest BCUT2D eigenvalue weighted by atomic mass is 35.5. The molecule has 2 N–H and O–H groups in total. The van der Waals surface area contributed by atoms with Gasteiger partial charge in [-0.3, -0.25) is 9.52 Å². The Morgan fingerprint density at radius 2 is 1.57 bits per heavy atom. The average Bonchev–Trinajstić information content (AvgIpc) is 2.71. The van der Waals surface area contributed by atoms with E-state index in [1.165, 1.54) is 18.2 Å². The van der Waals surface area contributed by atoms with E-state index in [0.717, 1.165) is 0 Å². The van der Waals surface area contributed by atoms with Crippen LogP contribution in [0.3, 0.4) is 0 Å². The van der Waals surface area contributed by atoms with Crippen LogP contribution in [0.25, 0.3) is 0 Å². The largest absolute Gasteiger partial charge is 0.494 e. The maximum Gasteiger partial charge on any atom is 0.261 e. The van der Waals surface area contributed by atoms with Gasteiger partial charge in [0.25, 0.3) is 15.9 Å². The van der Waals surface area contributed by atoms with Crippen LogP contribution < -0.4 is 14.8 Å². The van der Waals surface area contributed by atoms with Gasteiger partial charge in [-0.05, 0) is 73.7 Å². The van der Waals surface area contributed by atoms with Crippen LogP contribution in [-0.2, 0) is 10.0 Å². The summed E-state index contributed by atoms with van der Waals surface area (Å²) >= 11 is 12.0. The zero-order valence-electron chi connectivity index (χ0n) is 15.9. The van der Waals surface area contributed by atoms with Gasteiger partial charge in [0, 0.05) is 16.4 Å². The summed E-state index contributed by atoms with van der Waals surface area (Å²) in [7, 11) is -3.94. The molecule has 156 valence electrons. The van der Waals surface area contributed by atoms with E-state index >= 15 is 0 Å². The van der Waals surface area contributed by atoms with E-state index in [0.29, 0.717) is 28.8 Å². The highest BCUT2D eigenvalue weighted by Gasteiger charge is 2.19. The molecule has 0 spiro atoms.